The van der Waals surface area contributed by atoms with Gasteiger partial charge in [0.1, 0.15) is 0 Å². The number of thiazole rings is 1. The number of amides is 1. The molecule has 4 nitrogen and oxygen atoms in total. The maximum Gasteiger partial charge on any atom is 0.262 e. The second-order valence-corrected chi connectivity index (χ2v) is 8.54. The van der Waals surface area contributed by atoms with Gasteiger partial charge in [0, 0.05) is 24.2 Å². The van der Waals surface area contributed by atoms with E-state index in [1.807, 2.05) is 12.1 Å². The highest BCUT2D eigenvalue weighted by Crippen LogP contribution is 2.34. The Morgan fingerprint density at radius 3 is 2.73 bits per heavy atom. The number of nitrogens with zero attached hydrogens (tertiary/aromatic N) is 2. The number of piperidine rings is 3. The lowest BCUT2D eigenvalue weighted by molar-refractivity contribution is 0.0296. The Labute approximate surface area is 142 Å². The lowest BCUT2D eigenvalue weighted by Crippen LogP contribution is -2.56. The molecule has 5 rings (SSSR count). The highest BCUT2D eigenvalue weighted by Gasteiger charge is 2.34. The monoisotopic (exact) mass is 353 g/mol. The van der Waals surface area contributed by atoms with Crippen molar-refractivity contribution in [2.45, 2.75) is 25.4 Å². The third kappa shape index (κ3) is 2.80. The Morgan fingerprint density at radius 2 is 2.09 bits per heavy atom. The van der Waals surface area contributed by atoms with Crippen molar-refractivity contribution < 1.29 is 4.79 Å². The number of hydrogen-bond donors (Lipinski definition) is 1. The van der Waals surface area contributed by atoms with E-state index in [1.165, 1.54) is 35.5 Å². The molecule has 1 unspecified atom stereocenters. The van der Waals surface area contributed by atoms with Crippen LogP contribution in [0.2, 0.25) is 4.47 Å². The minimum atomic E-state index is 0.0319. The molecule has 0 radical (unpaired) electrons. The Bertz CT molecular complexity index is 691. The molecule has 7 heteroatoms. The zero-order valence-electron chi connectivity index (χ0n) is 11.9. The molecule has 2 bridgehead atoms. The molecule has 3 fully saturated rings. The third-order valence-corrected chi connectivity index (χ3v) is 6.89. The van der Waals surface area contributed by atoms with Gasteiger partial charge in [-0.25, -0.2) is 4.98 Å². The van der Waals surface area contributed by atoms with Gasteiger partial charge in [-0.3, -0.25) is 9.69 Å². The molecular weight excluding hydrogens is 338 g/mol. The van der Waals surface area contributed by atoms with Crippen molar-refractivity contribution in [1.29, 1.82) is 0 Å². The molecule has 5 heterocycles. The summed E-state index contributed by atoms with van der Waals surface area (Å²) in [6.07, 6.45) is 5.62. The van der Waals surface area contributed by atoms with E-state index in [9.17, 15) is 4.79 Å². The zero-order valence-corrected chi connectivity index (χ0v) is 14.3. The minimum absolute atomic E-state index is 0.0319. The average Bonchev–Trinajstić information content (AvgIpc) is 3.17. The van der Waals surface area contributed by atoms with Gasteiger partial charge in [-0.2, -0.15) is 0 Å². The second-order valence-electron chi connectivity index (χ2n) is 5.85. The van der Waals surface area contributed by atoms with Crippen LogP contribution in [0.1, 0.15) is 28.9 Å². The van der Waals surface area contributed by atoms with Gasteiger partial charge < -0.3 is 5.32 Å². The Balaban J connectivity index is 1.46. The largest absolute Gasteiger partial charge is 0.336 e. The molecule has 3 saturated heterocycles. The van der Waals surface area contributed by atoms with Crippen LogP contribution < -0.4 is 5.32 Å². The van der Waals surface area contributed by atoms with Gasteiger partial charge in [-0.1, -0.05) is 11.6 Å². The van der Waals surface area contributed by atoms with E-state index in [1.54, 1.807) is 6.20 Å². The summed E-state index contributed by atoms with van der Waals surface area (Å²) < 4.78 is 0.528. The number of nitrogens with one attached hydrogen (secondary N) is 1. The van der Waals surface area contributed by atoms with E-state index in [4.69, 9.17) is 11.6 Å². The van der Waals surface area contributed by atoms with Crippen LogP contribution >= 0.6 is 34.3 Å². The summed E-state index contributed by atoms with van der Waals surface area (Å²) in [5, 5.41) is 3.20. The van der Waals surface area contributed by atoms with Gasteiger partial charge in [0.2, 0.25) is 0 Å². The topological polar surface area (TPSA) is 45.2 Å². The lowest BCUT2D eigenvalue weighted by Gasteiger charge is -2.45. The van der Waals surface area contributed by atoms with E-state index < -0.39 is 0 Å². The first kappa shape index (κ1) is 14.6. The summed E-state index contributed by atoms with van der Waals surface area (Å²) in [6.45, 7) is 2.23. The molecule has 0 aliphatic carbocycles. The van der Waals surface area contributed by atoms with Gasteiger partial charge in [0.05, 0.1) is 15.9 Å². The van der Waals surface area contributed by atoms with E-state index in [2.05, 4.69) is 15.2 Å². The molecule has 0 spiro atoms. The van der Waals surface area contributed by atoms with Crippen LogP contribution in [-0.4, -0.2) is 35.0 Å². The molecule has 2 aromatic heterocycles. The fourth-order valence-corrected chi connectivity index (χ4v) is 5.22. The third-order valence-electron chi connectivity index (χ3n) is 4.49. The molecule has 2 aromatic rings. The van der Waals surface area contributed by atoms with Crippen LogP contribution in [-0.2, 0) is 0 Å². The summed E-state index contributed by atoms with van der Waals surface area (Å²) in [5.74, 6) is 0.818. The molecular formula is C15H16ClN3OS2. The van der Waals surface area contributed by atoms with Gasteiger partial charge in [0.15, 0.2) is 4.47 Å². The number of carbonyl (C=O) groups is 1. The molecule has 0 saturated carbocycles. The van der Waals surface area contributed by atoms with Crippen molar-refractivity contribution in [1.82, 2.24) is 15.2 Å². The predicted molar refractivity (Wildman–Crippen MR) is 90.6 cm³/mol. The maximum absolute atomic E-state index is 12.5. The van der Waals surface area contributed by atoms with Crippen molar-refractivity contribution in [3.63, 3.8) is 0 Å². The van der Waals surface area contributed by atoms with Crippen molar-refractivity contribution >= 4 is 40.2 Å². The fraction of sp³-hybridized carbons (Fsp3) is 0.467. The quantitative estimate of drug-likeness (QED) is 0.915. The van der Waals surface area contributed by atoms with E-state index in [0.717, 1.165) is 40.1 Å². The Hall–Kier alpha value is -0.950. The van der Waals surface area contributed by atoms with E-state index >= 15 is 0 Å². The first-order chi connectivity index (χ1) is 10.7. The number of aromatic nitrogens is 1. The van der Waals surface area contributed by atoms with Crippen molar-refractivity contribution in [2.75, 3.05) is 13.1 Å². The molecule has 1 N–H and O–H groups in total. The maximum atomic E-state index is 12.5. The summed E-state index contributed by atoms with van der Waals surface area (Å²) in [4.78, 5) is 21.7. The van der Waals surface area contributed by atoms with Crippen LogP contribution in [0.4, 0.5) is 0 Å². The number of hydrogen-bond acceptors (Lipinski definition) is 5. The number of thiophene rings is 1. The van der Waals surface area contributed by atoms with Crippen LogP contribution in [0.25, 0.3) is 9.75 Å². The second kappa shape index (κ2) is 5.92. The Morgan fingerprint density at radius 1 is 1.27 bits per heavy atom. The molecule has 22 heavy (non-hydrogen) atoms. The zero-order chi connectivity index (χ0) is 15.1. The number of fused-ring (bicyclic) bond motifs is 3. The van der Waals surface area contributed by atoms with Crippen molar-refractivity contribution in [3.05, 3.63) is 27.7 Å². The van der Waals surface area contributed by atoms with Gasteiger partial charge in [-0.05, 0) is 37.3 Å². The van der Waals surface area contributed by atoms with Crippen LogP contribution in [0, 0.1) is 5.92 Å². The molecule has 116 valence electrons. The Kier molecular flexibility index (Phi) is 3.94. The van der Waals surface area contributed by atoms with Gasteiger partial charge >= 0.3 is 0 Å². The number of rotatable bonds is 3. The molecule has 3 aliphatic heterocycles. The summed E-state index contributed by atoms with van der Waals surface area (Å²) in [6, 6.07) is 3.86. The number of halogens is 1. The highest BCUT2D eigenvalue weighted by molar-refractivity contribution is 7.24. The van der Waals surface area contributed by atoms with Gasteiger partial charge in [0.25, 0.3) is 5.91 Å². The normalized spacial score (nSPS) is 27.0. The van der Waals surface area contributed by atoms with Crippen molar-refractivity contribution in [2.24, 2.45) is 5.92 Å². The minimum Gasteiger partial charge on any atom is -0.336 e. The summed E-state index contributed by atoms with van der Waals surface area (Å²) >= 11 is 8.81. The first-order valence-electron chi connectivity index (χ1n) is 7.45. The van der Waals surface area contributed by atoms with Crippen LogP contribution in [0.5, 0.6) is 0 Å². The van der Waals surface area contributed by atoms with E-state index in [-0.39, 0.29) is 12.1 Å². The summed E-state index contributed by atoms with van der Waals surface area (Å²) in [7, 11) is 0. The molecule has 3 aliphatic rings. The predicted octanol–water partition coefficient (Wildman–Crippen LogP) is 3.70. The van der Waals surface area contributed by atoms with E-state index in [0.29, 0.717) is 4.47 Å². The standard InChI is InChI=1S/C15H16ClN3OS2/c16-15-17-8-12(22-15)10-1-2-11(21-10)14(20)18-13-7-9-3-5-19(13)6-4-9/h1-2,8-9,13H,3-7H2,(H,18,20). The first-order valence-corrected chi connectivity index (χ1v) is 9.46. The smallest absolute Gasteiger partial charge is 0.262 e. The fourth-order valence-electron chi connectivity index (χ4n) is 3.30. The average molecular weight is 354 g/mol. The molecule has 1 atom stereocenters. The summed E-state index contributed by atoms with van der Waals surface area (Å²) in [5.41, 5.74) is 0. The van der Waals surface area contributed by atoms with Crippen LogP contribution in [0.15, 0.2) is 18.3 Å². The van der Waals surface area contributed by atoms with Crippen molar-refractivity contribution in [3.8, 4) is 9.75 Å². The highest BCUT2D eigenvalue weighted by atomic mass is 35.5. The lowest BCUT2D eigenvalue weighted by atomic mass is 9.86. The van der Waals surface area contributed by atoms with Crippen LogP contribution in [0.3, 0.4) is 0 Å². The molecule has 1 amide bonds. The van der Waals surface area contributed by atoms with Gasteiger partial charge in [-0.15, -0.1) is 22.7 Å². The molecule has 0 aromatic carbocycles. The number of carbonyl (C=O) groups excluding carboxylic acids is 1. The SMILES string of the molecule is O=C(NC1CC2CCN1CC2)c1ccc(-c2cnc(Cl)s2)s1.